The Morgan fingerprint density at radius 1 is 1.47 bits per heavy atom. The van der Waals surface area contributed by atoms with Crippen LogP contribution in [0.2, 0.25) is 0 Å². The van der Waals surface area contributed by atoms with Crippen molar-refractivity contribution in [3.8, 4) is 0 Å². The first-order valence-electron chi connectivity index (χ1n) is 6.38. The molecule has 0 radical (unpaired) electrons. The van der Waals surface area contributed by atoms with Crippen molar-refractivity contribution in [1.29, 1.82) is 0 Å². The van der Waals surface area contributed by atoms with E-state index in [0.29, 0.717) is 18.5 Å². The van der Waals surface area contributed by atoms with Crippen LogP contribution in [0.15, 0.2) is 18.2 Å². The van der Waals surface area contributed by atoms with Crippen LogP contribution in [0.4, 0.5) is 5.69 Å². The van der Waals surface area contributed by atoms with Gasteiger partial charge in [0, 0.05) is 24.2 Å². The molecule has 0 fully saturated rings. The molecule has 0 spiro atoms. The van der Waals surface area contributed by atoms with E-state index in [1.54, 1.807) is 6.92 Å². The summed E-state index contributed by atoms with van der Waals surface area (Å²) in [4.78, 5) is 13.6. The molecular weight excluding hydrogens is 210 g/mol. The summed E-state index contributed by atoms with van der Waals surface area (Å²) in [5.41, 5.74) is 3.88. The number of hydrogen-bond acceptors (Lipinski definition) is 2. The maximum atomic E-state index is 11.2. The lowest BCUT2D eigenvalue weighted by Gasteiger charge is -2.29. The summed E-state index contributed by atoms with van der Waals surface area (Å²) in [7, 11) is 0. The van der Waals surface area contributed by atoms with Gasteiger partial charge in [0.05, 0.1) is 0 Å². The number of ketones is 1. The third-order valence-electron chi connectivity index (χ3n) is 3.43. The van der Waals surface area contributed by atoms with Crippen LogP contribution in [-0.2, 0) is 17.6 Å². The number of Topliss-reactive ketones (excluding diaryl/α,β-unsaturated/α-hetero) is 1. The number of hydrogen-bond donors (Lipinski definition) is 0. The van der Waals surface area contributed by atoms with Gasteiger partial charge in [-0.3, -0.25) is 4.79 Å². The molecule has 0 aliphatic carbocycles. The average molecular weight is 231 g/mol. The van der Waals surface area contributed by atoms with Gasteiger partial charge in [-0.1, -0.05) is 12.1 Å². The standard InChI is InChI=1S/C15H21NO/c1-10(2)16-11(3)7-14-6-5-13(8-12(4)17)9-15(14)16/h5-6,9-11H,7-8H2,1-4H3. The molecular formula is C15H21NO. The van der Waals surface area contributed by atoms with Gasteiger partial charge in [-0.2, -0.15) is 0 Å². The molecule has 2 heteroatoms. The van der Waals surface area contributed by atoms with E-state index < -0.39 is 0 Å². The fraction of sp³-hybridized carbons (Fsp3) is 0.533. The number of benzene rings is 1. The summed E-state index contributed by atoms with van der Waals surface area (Å²) in [5, 5.41) is 0. The van der Waals surface area contributed by atoms with Gasteiger partial charge in [0.1, 0.15) is 5.78 Å². The van der Waals surface area contributed by atoms with Crippen LogP contribution < -0.4 is 4.90 Å². The first kappa shape index (κ1) is 12.2. The molecule has 1 aromatic carbocycles. The quantitative estimate of drug-likeness (QED) is 0.797. The Balaban J connectivity index is 2.34. The van der Waals surface area contributed by atoms with Crippen LogP contribution in [0.5, 0.6) is 0 Å². The number of anilines is 1. The maximum Gasteiger partial charge on any atom is 0.134 e. The summed E-state index contributed by atoms with van der Waals surface area (Å²) in [6.07, 6.45) is 1.67. The number of nitrogens with zero attached hydrogens (tertiary/aromatic N) is 1. The van der Waals surface area contributed by atoms with E-state index in [1.807, 2.05) is 0 Å². The average Bonchev–Trinajstić information content (AvgIpc) is 2.52. The molecule has 0 amide bonds. The zero-order valence-electron chi connectivity index (χ0n) is 11.2. The molecule has 0 N–H and O–H groups in total. The highest BCUT2D eigenvalue weighted by Crippen LogP contribution is 2.34. The lowest BCUT2D eigenvalue weighted by atomic mass is 10.0. The highest BCUT2D eigenvalue weighted by Gasteiger charge is 2.27. The fourth-order valence-corrected chi connectivity index (χ4v) is 2.86. The van der Waals surface area contributed by atoms with Gasteiger partial charge in [-0.15, -0.1) is 0 Å². The summed E-state index contributed by atoms with van der Waals surface area (Å²) >= 11 is 0. The highest BCUT2D eigenvalue weighted by molar-refractivity contribution is 5.79. The third-order valence-corrected chi connectivity index (χ3v) is 3.43. The molecule has 0 saturated heterocycles. The molecule has 0 bridgehead atoms. The summed E-state index contributed by atoms with van der Waals surface area (Å²) in [6, 6.07) is 7.56. The number of carbonyl (C=O) groups excluding carboxylic acids is 1. The summed E-state index contributed by atoms with van der Waals surface area (Å²) in [6.45, 7) is 8.37. The van der Waals surface area contributed by atoms with Crippen molar-refractivity contribution in [3.05, 3.63) is 29.3 Å². The molecule has 2 rings (SSSR count). The number of carbonyl (C=O) groups is 1. The van der Waals surface area contributed by atoms with Crippen LogP contribution in [0.25, 0.3) is 0 Å². The van der Waals surface area contributed by atoms with E-state index >= 15 is 0 Å². The van der Waals surface area contributed by atoms with Crippen molar-refractivity contribution >= 4 is 11.5 Å². The largest absolute Gasteiger partial charge is 0.366 e. The van der Waals surface area contributed by atoms with Crippen molar-refractivity contribution in [1.82, 2.24) is 0 Å². The molecule has 1 aromatic rings. The van der Waals surface area contributed by atoms with Gasteiger partial charge < -0.3 is 4.90 Å². The molecule has 17 heavy (non-hydrogen) atoms. The predicted molar refractivity (Wildman–Crippen MR) is 71.6 cm³/mol. The zero-order valence-corrected chi connectivity index (χ0v) is 11.2. The topological polar surface area (TPSA) is 20.3 Å². The molecule has 0 aromatic heterocycles. The van der Waals surface area contributed by atoms with E-state index in [0.717, 1.165) is 12.0 Å². The van der Waals surface area contributed by atoms with Crippen molar-refractivity contribution in [2.45, 2.75) is 52.6 Å². The molecule has 1 unspecified atom stereocenters. The Hall–Kier alpha value is -1.31. The first-order valence-corrected chi connectivity index (χ1v) is 6.38. The van der Waals surface area contributed by atoms with Gasteiger partial charge >= 0.3 is 0 Å². The van der Waals surface area contributed by atoms with E-state index in [1.165, 1.54) is 11.3 Å². The monoisotopic (exact) mass is 231 g/mol. The van der Waals surface area contributed by atoms with Crippen molar-refractivity contribution < 1.29 is 4.79 Å². The normalized spacial score (nSPS) is 18.6. The van der Waals surface area contributed by atoms with Crippen molar-refractivity contribution in [2.75, 3.05) is 4.90 Å². The van der Waals surface area contributed by atoms with Crippen LogP contribution in [-0.4, -0.2) is 17.9 Å². The van der Waals surface area contributed by atoms with Crippen LogP contribution in [0.3, 0.4) is 0 Å². The second kappa shape index (κ2) is 4.52. The van der Waals surface area contributed by atoms with E-state index in [-0.39, 0.29) is 5.78 Å². The van der Waals surface area contributed by atoms with E-state index in [2.05, 4.69) is 43.9 Å². The third kappa shape index (κ3) is 2.36. The molecule has 92 valence electrons. The van der Waals surface area contributed by atoms with Crippen molar-refractivity contribution in [3.63, 3.8) is 0 Å². The Kier molecular flexibility index (Phi) is 3.23. The Bertz CT molecular complexity index is 437. The maximum absolute atomic E-state index is 11.2. The lowest BCUT2D eigenvalue weighted by molar-refractivity contribution is -0.116. The zero-order chi connectivity index (χ0) is 12.6. The van der Waals surface area contributed by atoms with E-state index in [4.69, 9.17) is 0 Å². The van der Waals surface area contributed by atoms with Crippen LogP contribution in [0, 0.1) is 0 Å². The Morgan fingerprint density at radius 3 is 2.76 bits per heavy atom. The minimum atomic E-state index is 0.229. The minimum absolute atomic E-state index is 0.229. The Morgan fingerprint density at radius 2 is 2.18 bits per heavy atom. The molecule has 1 aliphatic heterocycles. The van der Waals surface area contributed by atoms with Crippen molar-refractivity contribution in [2.24, 2.45) is 0 Å². The smallest absolute Gasteiger partial charge is 0.134 e. The lowest BCUT2D eigenvalue weighted by Crippen LogP contribution is -2.35. The summed E-state index contributed by atoms with van der Waals surface area (Å²) in [5.74, 6) is 0.229. The highest BCUT2D eigenvalue weighted by atomic mass is 16.1. The number of rotatable bonds is 3. The molecule has 1 aliphatic rings. The van der Waals surface area contributed by atoms with Crippen LogP contribution in [0.1, 0.15) is 38.8 Å². The van der Waals surface area contributed by atoms with E-state index in [9.17, 15) is 4.79 Å². The van der Waals surface area contributed by atoms with Crippen LogP contribution >= 0.6 is 0 Å². The predicted octanol–water partition coefficient (Wildman–Crippen LogP) is 2.98. The van der Waals surface area contributed by atoms with Gasteiger partial charge in [0.25, 0.3) is 0 Å². The SMILES string of the molecule is CC(=O)Cc1ccc2c(c1)N(C(C)C)C(C)C2. The summed E-state index contributed by atoms with van der Waals surface area (Å²) < 4.78 is 0. The van der Waals surface area contributed by atoms with Gasteiger partial charge in [-0.05, 0) is 51.3 Å². The van der Waals surface area contributed by atoms with Gasteiger partial charge in [0.15, 0.2) is 0 Å². The molecule has 1 atom stereocenters. The fourth-order valence-electron chi connectivity index (χ4n) is 2.86. The van der Waals surface area contributed by atoms with Gasteiger partial charge in [0.2, 0.25) is 0 Å². The second-order valence-electron chi connectivity index (χ2n) is 5.40. The van der Waals surface area contributed by atoms with Gasteiger partial charge in [-0.25, -0.2) is 0 Å². The first-order chi connectivity index (χ1) is 7.99. The number of fused-ring (bicyclic) bond motifs is 1. The molecule has 2 nitrogen and oxygen atoms in total. The Labute approximate surface area is 104 Å². The minimum Gasteiger partial charge on any atom is -0.366 e. The molecule has 0 saturated carbocycles. The second-order valence-corrected chi connectivity index (χ2v) is 5.40. The molecule has 1 heterocycles.